The fourth-order valence-electron chi connectivity index (χ4n) is 2.56. The molecule has 0 aromatic heterocycles. The molecule has 5 atom stereocenters. The summed E-state index contributed by atoms with van der Waals surface area (Å²) in [7, 11) is 0. The van der Waals surface area contributed by atoms with E-state index in [4.69, 9.17) is 18.9 Å². The van der Waals surface area contributed by atoms with Crippen LogP contribution in [0.3, 0.4) is 0 Å². The largest absolute Gasteiger partial charge is 0.456 e. The Morgan fingerprint density at radius 1 is 0.792 bits per heavy atom. The number of carbonyl (C=O) groups excluding carboxylic acids is 4. The van der Waals surface area contributed by atoms with Gasteiger partial charge in [0.15, 0.2) is 18.3 Å². The number of carbonyl (C=O) groups is 4. The van der Waals surface area contributed by atoms with Crippen LogP contribution in [0.2, 0.25) is 0 Å². The van der Waals surface area contributed by atoms with Gasteiger partial charge in [0, 0.05) is 31.6 Å². The molecular formula is C15H21IO8. The molecule has 1 heterocycles. The number of esters is 3. The minimum Gasteiger partial charge on any atom is -0.456 e. The standard InChI is InChI=1S/C15H21IO8/c1-7(17)5-11-13(21-8(2)18)15(23-10(4)20)14(22-9(3)19)12(6-16)24-11/h11-15H,5-6H2,1-4H3/t11-,12-,13+,14-,15-/m1/s1. The van der Waals surface area contributed by atoms with Crippen LogP contribution in [0, 0.1) is 0 Å². The molecule has 1 fully saturated rings. The summed E-state index contributed by atoms with van der Waals surface area (Å²) < 4.78 is 22.0. The molecule has 1 aliphatic heterocycles. The van der Waals surface area contributed by atoms with Gasteiger partial charge >= 0.3 is 17.9 Å². The molecule has 0 bridgehead atoms. The van der Waals surface area contributed by atoms with Crippen molar-refractivity contribution in [2.45, 2.75) is 64.6 Å². The summed E-state index contributed by atoms with van der Waals surface area (Å²) in [6.07, 6.45) is -4.43. The topological polar surface area (TPSA) is 105 Å². The Morgan fingerprint density at radius 2 is 1.21 bits per heavy atom. The van der Waals surface area contributed by atoms with E-state index in [1.54, 1.807) is 0 Å². The van der Waals surface area contributed by atoms with Gasteiger partial charge in [-0.2, -0.15) is 0 Å². The summed E-state index contributed by atoms with van der Waals surface area (Å²) in [5.41, 5.74) is 0. The van der Waals surface area contributed by atoms with Crippen LogP contribution in [-0.2, 0) is 38.1 Å². The van der Waals surface area contributed by atoms with Gasteiger partial charge in [0.1, 0.15) is 18.0 Å². The number of Topliss-reactive ketones (excluding diaryl/α,β-unsaturated/α-hetero) is 1. The van der Waals surface area contributed by atoms with Gasteiger partial charge in [-0.15, -0.1) is 0 Å². The molecule has 1 aliphatic rings. The quantitative estimate of drug-likeness (QED) is 0.252. The lowest BCUT2D eigenvalue weighted by Gasteiger charge is -2.44. The molecular weight excluding hydrogens is 435 g/mol. The SMILES string of the molecule is CC(=O)C[C@H]1O[C@H](CI)[C@@H](OC(C)=O)[C@H](OC(C)=O)[C@H]1OC(C)=O. The van der Waals surface area contributed by atoms with E-state index in [1.807, 2.05) is 22.6 Å². The highest BCUT2D eigenvalue weighted by atomic mass is 127. The molecule has 1 saturated heterocycles. The van der Waals surface area contributed by atoms with E-state index in [-0.39, 0.29) is 12.2 Å². The lowest BCUT2D eigenvalue weighted by molar-refractivity contribution is -0.242. The van der Waals surface area contributed by atoms with Crippen LogP contribution in [-0.4, -0.2) is 58.6 Å². The molecule has 0 unspecified atom stereocenters. The number of ketones is 1. The zero-order chi connectivity index (χ0) is 18.4. The van der Waals surface area contributed by atoms with E-state index in [0.717, 1.165) is 0 Å². The molecule has 0 spiro atoms. The second kappa shape index (κ2) is 9.30. The van der Waals surface area contributed by atoms with Crippen molar-refractivity contribution < 1.29 is 38.1 Å². The number of rotatable bonds is 6. The molecule has 136 valence electrons. The molecule has 0 N–H and O–H groups in total. The number of ether oxygens (including phenoxy) is 4. The third-order valence-electron chi connectivity index (χ3n) is 3.28. The Bertz CT molecular complexity index is 506. The fourth-order valence-corrected chi connectivity index (χ4v) is 3.26. The summed E-state index contributed by atoms with van der Waals surface area (Å²) in [6.45, 7) is 4.99. The summed E-state index contributed by atoms with van der Waals surface area (Å²) >= 11 is 2.04. The van der Waals surface area contributed by atoms with E-state index in [2.05, 4.69) is 0 Å². The monoisotopic (exact) mass is 456 g/mol. The van der Waals surface area contributed by atoms with Gasteiger partial charge in [0.05, 0.1) is 0 Å². The molecule has 0 aromatic carbocycles. The van der Waals surface area contributed by atoms with Crippen LogP contribution < -0.4 is 0 Å². The van der Waals surface area contributed by atoms with Crippen LogP contribution in [0.5, 0.6) is 0 Å². The molecule has 9 heteroatoms. The average molecular weight is 456 g/mol. The lowest BCUT2D eigenvalue weighted by Crippen LogP contribution is -2.62. The molecule has 0 radical (unpaired) electrons. The van der Waals surface area contributed by atoms with Crippen molar-refractivity contribution in [3.63, 3.8) is 0 Å². The Balaban J connectivity index is 3.23. The molecule has 0 aliphatic carbocycles. The van der Waals surface area contributed by atoms with Gasteiger partial charge in [-0.1, -0.05) is 22.6 Å². The van der Waals surface area contributed by atoms with E-state index in [0.29, 0.717) is 4.43 Å². The van der Waals surface area contributed by atoms with Crippen LogP contribution >= 0.6 is 22.6 Å². The zero-order valence-corrected chi connectivity index (χ0v) is 16.1. The van der Waals surface area contributed by atoms with Crippen molar-refractivity contribution in [3.8, 4) is 0 Å². The van der Waals surface area contributed by atoms with Gasteiger partial charge in [-0.05, 0) is 6.92 Å². The first-order valence-electron chi connectivity index (χ1n) is 7.38. The summed E-state index contributed by atoms with van der Waals surface area (Å²) in [6, 6.07) is 0. The Kier molecular flexibility index (Phi) is 8.07. The highest BCUT2D eigenvalue weighted by Crippen LogP contribution is 2.31. The molecule has 0 aromatic rings. The fraction of sp³-hybridized carbons (Fsp3) is 0.733. The number of halogens is 1. The predicted octanol–water partition coefficient (Wildman–Crippen LogP) is 0.963. The molecule has 24 heavy (non-hydrogen) atoms. The first-order valence-corrected chi connectivity index (χ1v) is 8.90. The third-order valence-corrected chi connectivity index (χ3v) is 4.15. The van der Waals surface area contributed by atoms with Crippen molar-refractivity contribution in [2.24, 2.45) is 0 Å². The third kappa shape index (κ3) is 6.00. The second-order valence-corrected chi connectivity index (χ2v) is 6.38. The van der Waals surface area contributed by atoms with E-state index in [1.165, 1.54) is 27.7 Å². The van der Waals surface area contributed by atoms with Gasteiger partial charge in [0.2, 0.25) is 0 Å². The lowest BCUT2D eigenvalue weighted by atomic mass is 9.92. The van der Waals surface area contributed by atoms with Crippen molar-refractivity contribution in [2.75, 3.05) is 4.43 Å². The first-order chi connectivity index (χ1) is 11.1. The second-order valence-electron chi connectivity index (χ2n) is 5.50. The maximum atomic E-state index is 11.5. The zero-order valence-electron chi connectivity index (χ0n) is 13.9. The van der Waals surface area contributed by atoms with Gasteiger partial charge in [-0.25, -0.2) is 0 Å². The molecule has 1 rings (SSSR count). The minimum atomic E-state index is -1.05. The van der Waals surface area contributed by atoms with Crippen molar-refractivity contribution in [3.05, 3.63) is 0 Å². The van der Waals surface area contributed by atoms with Crippen LogP contribution in [0.15, 0.2) is 0 Å². The highest BCUT2D eigenvalue weighted by Gasteiger charge is 2.51. The first kappa shape index (κ1) is 20.8. The Labute approximate surface area is 153 Å². The molecule has 8 nitrogen and oxygen atoms in total. The van der Waals surface area contributed by atoms with Gasteiger partial charge < -0.3 is 18.9 Å². The summed E-state index contributed by atoms with van der Waals surface area (Å²) in [5.74, 6) is -1.99. The average Bonchev–Trinajstić information content (AvgIpc) is 2.42. The van der Waals surface area contributed by atoms with Gasteiger partial charge in [0.25, 0.3) is 0 Å². The van der Waals surface area contributed by atoms with Crippen LogP contribution in [0.1, 0.15) is 34.1 Å². The van der Waals surface area contributed by atoms with E-state index < -0.39 is 48.4 Å². The molecule has 0 saturated carbocycles. The van der Waals surface area contributed by atoms with Crippen molar-refractivity contribution in [1.82, 2.24) is 0 Å². The van der Waals surface area contributed by atoms with E-state index in [9.17, 15) is 19.2 Å². The number of hydrogen-bond acceptors (Lipinski definition) is 8. The smallest absolute Gasteiger partial charge is 0.303 e. The van der Waals surface area contributed by atoms with E-state index >= 15 is 0 Å². The van der Waals surface area contributed by atoms with Crippen molar-refractivity contribution in [1.29, 1.82) is 0 Å². The molecule has 0 amide bonds. The van der Waals surface area contributed by atoms with Crippen molar-refractivity contribution >= 4 is 46.3 Å². The van der Waals surface area contributed by atoms with Crippen LogP contribution in [0.4, 0.5) is 0 Å². The highest BCUT2D eigenvalue weighted by molar-refractivity contribution is 14.1. The maximum absolute atomic E-state index is 11.5. The summed E-state index contributed by atoms with van der Waals surface area (Å²) in [4.78, 5) is 45.8. The number of alkyl halides is 1. The maximum Gasteiger partial charge on any atom is 0.303 e. The number of hydrogen-bond donors (Lipinski definition) is 0. The van der Waals surface area contributed by atoms with Crippen LogP contribution in [0.25, 0.3) is 0 Å². The minimum absolute atomic E-state index is 0.0182. The normalized spacial score (nSPS) is 29.5. The Morgan fingerprint density at radius 3 is 1.58 bits per heavy atom. The Hall–Kier alpha value is -1.23. The predicted molar refractivity (Wildman–Crippen MR) is 89.5 cm³/mol. The van der Waals surface area contributed by atoms with Gasteiger partial charge in [-0.3, -0.25) is 19.2 Å². The summed E-state index contributed by atoms with van der Waals surface area (Å²) in [5, 5.41) is 0.